The van der Waals surface area contributed by atoms with E-state index in [1.807, 2.05) is 50.3 Å². The average molecular weight is 533 g/mol. The summed E-state index contributed by atoms with van der Waals surface area (Å²) in [5, 5.41) is 4.65. The van der Waals surface area contributed by atoms with Crippen LogP contribution in [0.4, 0.5) is 0 Å². The van der Waals surface area contributed by atoms with Crippen LogP contribution >= 0.6 is 46.4 Å². The summed E-state index contributed by atoms with van der Waals surface area (Å²) in [7, 11) is 0. The predicted octanol–water partition coefficient (Wildman–Crippen LogP) is 7.96. The van der Waals surface area contributed by atoms with Gasteiger partial charge in [-0.1, -0.05) is 69.8 Å². The summed E-state index contributed by atoms with van der Waals surface area (Å²) in [6.07, 6.45) is 6.02. The van der Waals surface area contributed by atoms with Crippen molar-refractivity contribution in [2.75, 3.05) is 26.4 Å². The normalized spacial score (nSPS) is 11.4. The van der Waals surface area contributed by atoms with E-state index in [1.54, 1.807) is 12.1 Å². The van der Waals surface area contributed by atoms with Gasteiger partial charge in [0.15, 0.2) is 5.75 Å². The van der Waals surface area contributed by atoms with Crippen molar-refractivity contribution in [3.8, 4) is 17.2 Å². The Balaban J connectivity index is 1.76. The van der Waals surface area contributed by atoms with Crippen LogP contribution < -0.4 is 14.2 Å². The van der Waals surface area contributed by atoms with Gasteiger partial charge in [-0.3, -0.25) is 0 Å². The maximum Gasteiger partial charge on any atom is 0.156 e. The highest BCUT2D eigenvalue weighted by molar-refractivity contribution is 6.55. The summed E-state index contributed by atoms with van der Waals surface area (Å²) in [5.74, 6) is 1.66. The van der Waals surface area contributed by atoms with Crippen molar-refractivity contribution < 1.29 is 19.0 Å². The van der Waals surface area contributed by atoms with Crippen molar-refractivity contribution >= 4 is 58.2 Å². The maximum atomic E-state index is 6.26. The third-order valence-electron chi connectivity index (χ3n) is 4.00. The van der Waals surface area contributed by atoms with E-state index in [-0.39, 0.29) is 11.1 Å². The molecule has 178 valence electrons. The molecule has 5 nitrogen and oxygen atoms in total. The highest BCUT2D eigenvalue weighted by Gasteiger charge is 2.10. The zero-order valence-corrected chi connectivity index (χ0v) is 21.3. The second-order valence-electron chi connectivity index (χ2n) is 6.62. The van der Waals surface area contributed by atoms with Gasteiger partial charge in [-0.05, 0) is 43.7 Å². The van der Waals surface area contributed by atoms with E-state index in [4.69, 9.17) is 65.5 Å². The van der Waals surface area contributed by atoms with Crippen LogP contribution in [0.1, 0.15) is 25.8 Å². The number of oxime groups is 1. The molecule has 0 aliphatic rings. The van der Waals surface area contributed by atoms with Crippen LogP contribution in [-0.2, 0) is 4.84 Å². The van der Waals surface area contributed by atoms with E-state index in [9.17, 15) is 0 Å². The van der Waals surface area contributed by atoms with E-state index >= 15 is 0 Å². The van der Waals surface area contributed by atoms with Crippen LogP contribution in [0.2, 0.25) is 10.0 Å². The first-order chi connectivity index (χ1) is 15.9. The molecule has 0 bridgehead atoms. The Morgan fingerprint density at radius 2 is 1.61 bits per heavy atom. The molecule has 0 atom stereocenters. The molecule has 0 spiro atoms. The first-order valence-corrected chi connectivity index (χ1v) is 11.7. The highest BCUT2D eigenvalue weighted by Crippen LogP contribution is 2.37. The van der Waals surface area contributed by atoms with Crippen LogP contribution in [0.25, 0.3) is 6.08 Å². The summed E-state index contributed by atoms with van der Waals surface area (Å²) in [6, 6.07) is 11.0. The zero-order valence-electron chi connectivity index (χ0n) is 18.3. The summed E-state index contributed by atoms with van der Waals surface area (Å²) < 4.78 is 17.1. The molecular formula is C24H25Cl4NO4. The minimum Gasteiger partial charge on any atom is -0.493 e. The molecule has 0 aliphatic heterocycles. The first-order valence-electron chi connectivity index (χ1n) is 10.2. The topological polar surface area (TPSA) is 49.3 Å². The average Bonchev–Trinajstić information content (AvgIpc) is 2.78. The molecule has 0 saturated carbocycles. The molecule has 0 aliphatic carbocycles. The monoisotopic (exact) mass is 531 g/mol. The van der Waals surface area contributed by atoms with Gasteiger partial charge >= 0.3 is 0 Å². The van der Waals surface area contributed by atoms with Gasteiger partial charge in [0, 0.05) is 18.6 Å². The van der Waals surface area contributed by atoms with E-state index in [1.165, 1.54) is 6.08 Å². The van der Waals surface area contributed by atoms with E-state index in [0.29, 0.717) is 47.8 Å². The quantitative estimate of drug-likeness (QED) is 0.149. The van der Waals surface area contributed by atoms with E-state index in [2.05, 4.69) is 5.16 Å². The lowest BCUT2D eigenvalue weighted by Crippen LogP contribution is -2.05. The fourth-order valence-corrected chi connectivity index (χ4v) is 3.17. The first kappa shape index (κ1) is 27.2. The Hall–Kier alpha value is -2.05. The summed E-state index contributed by atoms with van der Waals surface area (Å²) in [5.41, 5.74) is 1.84. The lowest BCUT2D eigenvalue weighted by atomic mass is 10.2. The van der Waals surface area contributed by atoms with Crippen LogP contribution in [0, 0.1) is 0 Å². The second-order valence-corrected chi connectivity index (χ2v) is 8.45. The summed E-state index contributed by atoms with van der Waals surface area (Å²) in [4.78, 5) is 5.01. The van der Waals surface area contributed by atoms with Crippen LogP contribution in [0.5, 0.6) is 17.2 Å². The molecule has 0 N–H and O–H groups in total. The Morgan fingerprint density at radius 3 is 2.24 bits per heavy atom. The number of allylic oxidation sites excluding steroid dienone is 1. The van der Waals surface area contributed by atoms with Crippen molar-refractivity contribution in [3.63, 3.8) is 0 Å². The highest BCUT2D eigenvalue weighted by atomic mass is 35.5. The summed E-state index contributed by atoms with van der Waals surface area (Å²) in [6.45, 7) is 5.40. The third-order valence-corrected chi connectivity index (χ3v) is 4.87. The number of halogens is 4. The molecule has 0 fully saturated rings. The van der Waals surface area contributed by atoms with Gasteiger partial charge in [0.25, 0.3) is 0 Å². The lowest BCUT2D eigenvalue weighted by Gasteiger charge is -2.12. The molecule has 2 rings (SSSR count). The van der Waals surface area contributed by atoms with Crippen molar-refractivity contribution in [1.29, 1.82) is 0 Å². The van der Waals surface area contributed by atoms with Gasteiger partial charge in [0.2, 0.25) is 0 Å². The molecule has 0 aromatic heterocycles. The lowest BCUT2D eigenvalue weighted by molar-refractivity contribution is 0.159. The van der Waals surface area contributed by atoms with Crippen LogP contribution in [0.15, 0.2) is 58.2 Å². The van der Waals surface area contributed by atoms with Crippen LogP contribution in [-0.4, -0.2) is 32.1 Å². The van der Waals surface area contributed by atoms with Crippen molar-refractivity contribution in [1.82, 2.24) is 0 Å². The van der Waals surface area contributed by atoms with Crippen LogP contribution in [0.3, 0.4) is 0 Å². The molecule has 0 unspecified atom stereocenters. The number of hydrogen-bond donors (Lipinski definition) is 0. The molecule has 0 heterocycles. The van der Waals surface area contributed by atoms with E-state index in [0.717, 1.165) is 17.0 Å². The smallest absolute Gasteiger partial charge is 0.156 e. The molecule has 0 amide bonds. The Bertz CT molecular complexity index is 948. The minimum atomic E-state index is 0.126. The number of hydrogen-bond acceptors (Lipinski definition) is 5. The molecule has 0 saturated heterocycles. The fraction of sp³-hybridized carbons (Fsp3) is 0.292. The Kier molecular flexibility index (Phi) is 12.3. The van der Waals surface area contributed by atoms with Gasteiger partial charge in [0.1, 0.15) is 29.2 Å². The molecule has 33 heavy (non-hydrogen) atoms. The Morgan fingerprint density at radius 1 is 0.939 bits per heavy atom. The van der Waals surface area contributed by atoms with Crippen molar-refractivity contribution in [2.45, 2.75) is 20.3 Å². The number of nitrogens with zero attached hydrogens (tertiary/aromatic N) is 1. The minimum absolute atomic E-state index is 0.126. The molecule has 2 aromatic carbocycles. The van der Waals surface area contributed by atoms with Gasteiger partial charge in [0.05, 0.1) is 29.0 Å². The molecule has 0 radical (unpaired) electrons. The van der Waals surface area contributed by atoms with Gasteiger partial charge < -0.3 is 19.0 Å². The third kappa shape index (κ3) is 10.6. The SMILES string of the molecule is CCON=C(C)C=Cc1ccc(OCCCOc2c(Cl)cc(OCC=C(Cl)Cl)cc2Cl)cc1. The largest absolute Gasteiger partial charge is 0.493 e. The van der Waals surface area contributed by atoms with Crippen molar-refractivity contribution in [2.24, 2.45) is 5.16 Å². The molecular weight excluding hydrogens is 508 g/mol. The fourth-order valence-electron chi connectivity index (χ4n) is 2.47. The second kappa shape index (κ2) is 15.0. The zero-order chi connectivity index (χ0) is 24.1. The standard InChI is InChI=1S/C24H25Cl4NO4/c1-3-33-29-17(2)5-6-18-7-9-19(10-8-18)30-12-4-13-32-24-21(25)15-20(16-22(24)26)31-14-11-23(27)28/h5-11,15-16H,3-4,12-14H2,1-2H3. The maximum absolute atomic E-state index is 6.26. The molecule has 2 aromatic rings. The Labute approximate surface area is 214 Å². The predicted molar refractivity (Wildman–Crippen MR) is 138 cm³/mol. The number of ether oxygens (including phenoxy) is 3. The van der Waals surface area contributed by atoms with Gasteiger partial charge in [-0.25, -0.2) is 0 Å². The van der Waals surface area contributed by atoms with Crippen molar-refractivity contribution in [3.05, 3.63) is 68.7 Å². The van der Waals surface area contributed by atoms with Gasteiger partial charge in [-0.2, -0.15) is 0 Å². The van der Waals surface area contributed by atoms with E-state index < -0.39 is 0 Å². The number of rotatable bonds is 13. The number of benzene rings is 2. The molecule has 9 heteroatoms. The van der Waals surface area contributed by atoms with Gasteiger partial charge in [-0.15, -0.1) is 0 Å². The summed E-state index contributed by atoms with van der Waals surface area (Å²) >= 11 is 23.6.